The van der Waals surface area contributed by atoms with Crippen molar-refractivity contribution in [3.63, 3.8) is 0 Å². The Balaban J connectivity index is 1.13. The molecule has 1 spiro atoms. The monoisotopic (exact) mass is 728 g/mol. The molecule has 4 aromatic rings. The summed E-state index contributed by atoms with van der Waals surface area (Å²) < 4.78 is 45.0. The molecular weight excluding hydrogens is 681 g/mol. The van der Waals surface area contributed by atoms with Gasteiger partial charge in [0.2, 0.25) is 21.8 Å². The third-order valence-corrected chi connectivity index (χ3v) is 13.4. The molecule has 0 amide bonds. The summed E-state index contributed by atoms with van der Waals surface area (Å²) >= 11 is 0. The predicted molar refractivity (Wildman–Crippen MR) is 194 cm³/mol. The Kier molecular flexibility index (Phi) is 8.62. The number of pyridine rings is 2. The van der Waals surface area contributed by atoms with Crippen molar-refractivity contribution in [3.05, 3.63) is 75.7 Å². The molecule has 2 aliphatic heterocycles. The van der Waals surface area contributed by atoms with Gasteiger partial charge in [0.05, 0.1) is 12.0 Å². The summed E-state index contributed by atoms with van der Waals surface area (Å²) in [5, 5.41) is 19.6. The fraction of sp³-hybridized carbons (Fsp3) is 0.538. The van der Waals surface area contributed by atoms with Gasteiger partial charge in [-0.05, 0) is 126 Å². The maximum Gasteiger partial charge on any atom is 0.310 e. The predicted octanol–water partition coefficient (Wildman–Crippen LogP) is 5.76. The molecule has 1 aromatic carbocycles. The minimum atomic E-state index is -4.03. The maximum atomic E-state index is 14.5. The number of benzene rings is 1. The highest BCUT2D eigenvalue weighted by Gasteiger charge is 2.53. The van der Waals surface area contributed by atoms with Crippen LogP contribution in [0, 0.1) is 26.2 Å². The first kappa shape index (κ1) is 35.0. The average molecular weight is 729 g/mol. The van der Waals surface area contributed by atoms with Gasteiger partial charge in [-0.1, -0.05) is 18.2 Å². The molecule has 1 unspecified atom stereocenters. The summed E-state index contributed by atoms with van der Waals surface area (Å²) in [6.07, 6.45) is 8.00. The van der Waals surface area contributed by atoms with E-state index in [1.807, 2.05) is 55.6 Å². The zero-order chi connectivity index (χ0) is 36.6. The molecule has 1 saturated heterocycles. The van der Waals surface area contributed by atoms with Crippen molar-refractivity contribution >= 4 is 21.6 Å². The van der Waals surface area contributed by atoms with Crippen LogP contribution in [0.5, 0.6) is 11.8 Å². The number of sulfonamides is 1. The van der Waals surface area contributed by atoms with Crippen molar-refractivity contribution in [1.29, 1.82) is 0 Å². The van der Waals surface area contributed by atoms with Crippen LogP contribution in [0.3, 0.4) is 0 Å². The van der Waals surface area contributed by atoms with Gasteiger partial charge in [0, 0.05) is 36.7 Å². The number of carbonyl (C=O) groups is 1. The van der Waals surface area contributed by atoms with E-state index in [9.17, 15) is 18.3 Å². The summed E-state index contributed by atoms with van der Waals surface area (Å²) in [6.45, 7) is 12.9. The Hall–Kier alpha value is -4.07. The van der Waals surface area contributed by atoms with E-state index in [1.54, 1.807) is 19.9 Å². The summed E-state index contributed by atoms with van der Waals surface area (Å²) in [5.41, 5.74) is 3.75. The van der Waals surface area contributed by atoms with E-state index in [1.165, 1.54) is 17.1 Å². The average Bonchev–Trinajstić information content (AvgIpc) is 3.99. The second-order valence-corrected chi connectivity index (χ2v) is 17.8. The molecule has 3 fully saturated rings. The molecular formula is C39H48N6O6S. The van der Waals surface area contributed by atoms with Crippen LogP contribution in [-0.2, 0) is 21.4 Å². The van der Waals surface area contributed by atoms with Gasteiger partial charge in [0.1, 0.15) is 22.9 Å². The van der Waals surface area contributed by atoms with E-state index in [0.29, 0.717) is 24.0 Å². The van der Waals surface area contributed by atoms with Crippen molar-refractivity contribution in [1.82, 2.24) is 28.8 Å². The molecule has 0 radical (unpaired) electrons. The number of hydrogen-bond donors (Lipinski definition) is 1. The van der Waals surface area contributed by atoms with Crippen molar-refractivity contribution in [3.8, 4) is 11.8 Å². The summed E-state index contributed by atoms with van der Waals surface area (Å²) in [6, 6.07) is 9.54. The SMILES string of the molecule is Cc1ccc(C(c2ccn3c(C4CC4)nnc3c2C)C(C)(C)C(=O)O)cc1CN1CC2(CC2)Oc2nc(OCCN3CCCC3)c(C)cc2S1(=O)=O. The number of ether oxygens (including phenoxy) is 2. The molecule has 12 nitrogen and oxygen atoms in total. The van der Waals surface area contributed by atoms with Gasteiger partial charge in [-0.2, -0.15) is 9.29 Å². The molecule has 2 aliphatic carbocycles. The first-order valence-corrected chi connectivity index (χ1v) is 19.9. The molecule has 3 aromatic heterocycles. The third-order valence-electron chi connectivity index (χ3n) is 11.6. The first-order valence-electron chi connectivity index (χ1n) is 18.5. The quantitative estimate of drug-likeness (QED) is 0.203. The van der Waals surface area contributed by atoms with Crippen LogP contribution >= 0.6 is 0 Å². The lowest BCUT2D eigenvalue weighted by Crippen LogP contribution is -2.38. The van der Waals surface area contributed by atoms with E-state index >= 15 is 0 Å². The van der Waals surface area contributed by atoms with Crippen molar-refractivity contribution < 1.29 is 27.8 Å². The van der Waals surface area contributed by atoms with Crippen LogP contribution in [0.1, 0.15) is 103 Å². The molecule has 5 heterocycles. The Morgan fingerprint density at radius 3 is 2.52 bits per heavy atom. The lowest BCUT2D eigenvalue weighted by atomic mass is 9.70. The standard InChI is InChI=1S/C39H48N6O6S/c1-24-8-9-28(32(38(4,5)37(46)47)30-12-17-45-33(26(30)3)41-42-34(45)27-10-11-27)21-29(24)22-44-23-39(13-14-39)51-36-31(52(44,48)49)20-25(2)35(40-36)50-19-18-43-15-6-7-16-43/h8-9,12,17,20-21,27,32H,6-7,10-11,13-16,18-19,22-23H2,1-5H3,(H,46,47). The Morgan fingerprint density at radius 1 is 1.08 bits per heavy atom. The Morgan fingerprint density at radius 2 is 1.83 bits per heavy atom. The molecule has 1 N–H and O–H groups in total. The van der Waals surface area contributed by atoms with Gasteiger partial charge < -0.3 is 14.6 Å². The molecule has 0 bridgehead atoms. The summed E-state index contributed by atoms with van der Waals surface area (Å²) in [4.78, 5) is 19.9. The normalized spacial score (nSPS) is 20.4. The van der Waals surface area contributed by atoms with Gasteiger partial charge in [0.15, 0.2) is 5.65 Å². The highest BCUT2D eigenvalue weighted by Crippen LogP contribution is 2.48. The van der Waals surface area contributed by atoms with Crippen LogP contribution in [0.25, 0.3) is 5.65 Å². The minimum Gasteiger partial charge on any atom is -0.481 e. The number of aryl methyl sites for hydroxylation is 3. The van der Waals surface area contributed by atoms with Crippen LogP contribution < -0.4 is 9.47 Å². The van der Waals surface area contributed by atoms with Crippen molar-refractivity contribution in [2.75, 3.05) is 32.8 Å². The number of aliphatic carboxylic acids is 1. The van der Waals surface area contributed by atoms with E-state index in [4.69, 9.17) is 9.47 Å². The van der Waals surface area contributed by atoms with E-state index in [2.05, 4.69) is 20.1 Å². The first-order chi connectivity index (χ1) is 24.8. The van der Waals surface area contributed by atoms with Crippen molar-refractivity contribution in [2.45, 2.75) is 102 Å². The molecule has 276 valence electrons. The van der Waals surface area contributed by atoms with Crippen LogP contribution in [0.2, 0.25) is 0 Å². The number of likely N-dealkylation sites (tertiary alicyclic amines) is 1. The van der Waals surface area contributed by atoms with Crippen molar-refractivity contribution in [2.24, 2.45) is 5.41 Å². The zero-order valence-electron chi connectivity index (χ0n) is 30.7. The van der Waals surface area contributed by atoms with Gasteiger partial charge in [-0.25, -0.2) is 8.42 Å². The lowest BCUT2D eigenvalue weighted by Gasteiger charge is -2.33. The Labute approximate surface area is 305 Å². The van der Waals surface area contributed by atoms with Gasteiger partial charge in [-0.15, -0.1) is 10.2 Å². The molecule has 2 saturated carbocycles. The Bertz CT molecular complexity index is 2170. The molecule has 8 rings (SSSR count). The van der Waals surface area contributed by atoms with Crippen LogP contribution in [-0.4, -0.2) is 86.7 Å². The summed E-state index contributed by atoms with van der Waals surface area (Å²) in [7, 11) is -4.03. The number of fused-ring (bicyclic) bond motifs is 2. The molecule has 52 heavy (non-hydrogen) atoms. The number of aromatic nitrogens is 4. The topological polar surface area (TPSA) is 139 Å². The zero-order valence-corrected chi connectivity index (χ0v) is 31.5. The van der Waals surface area contributed by atoms with Gasteiger partial charge in [0.25, 0.3) is 0 Å². The second-order valence-electron chi connectivity index (χ2n) is 15.9. The highest BCUT2D eigenvalue weighted by molar-refractivity contribution is 7.89. The fourth-order valence-corrected chi connectivity index (χ4v) is 9.57. The number of carboxylic acids is 1. The highest BCUT2D eigenvalue weighted by atomic mass is 32.2. The molecule has 4 aliphatic rings. The molecule has 1 atom stereocenters. The number of nitrogens with zero attached hydrogens (tertiary/aromatic N) is 6. The lowest BCUT2D eigenvalue weighted by molar-refractivity contribution is -0.147. The maximum absolute atomic E-state index is 14.5. The van der Waals surface area contributed by atoms with E-state index < -0.39 is 32.9 Å². The smallest absolute Gasteiger partial charge is 0.310 e. The number of carboxylic acid groups (broad SMARTS) is 1. The number of rotatable bonds is 11. The van der Waals surface area contributed by atoms with Crippen LogP contribution in [0.4, 0.5) is 0 Å². The van der Waals surface area contributed by atoms with Gasteiger partial charge >= 0.3 is 5.97 Å². The van der Waals surface area contributed by atoms with E-state index in [0.717, 1.165) is 84.6 Å². The fourth-order valence-electron chi connectivity index (χ4n) is 7.95. The summed E-state index contributed by atoms with van der Waals surface area (Å²) in [5.74, 6) is 0.372. The van der Waals surface area contributed by atoms with Crippen LogP contribution in [0.15, 0.2) is 41.4 Å². The third kappa shape index (κ3) is 6.24. The largest absolute Gasteiger partial charge is 0.481 e. The second kappa shape index (κ2) is 12.8. The molecule has 13 heteroatoms. The van der Waals surface area contributed by atoms with Gasteiger partial charge in [-0.3, -0.25) is 14.1 Å². The number of hydrogen-bond acceptors (Lipinski definition) is 9. The van der Waals surface area contributed by atoms with E-state index in [-0.39, 0.29) is 23.9 Å². The minimum absolute atomic E-state index is 0.0437.